The van der Waals surface area contributed by atoms with Crippen LogP contribution in [0, 0.1) is 0 Å². The molecule has 1 aromatic carbocycles. The van der Waals surface area contributed by atoms with Crippen molar-refractivity contribution in [1.82, 2.24) is 4.90 Å². The van der Waals surface area contributed by atoms with Gasteiger partial charge in [0.2, 0.25) is 0 Å². The Morgan fingerprint density at radius 1 is 1.20 bits per heavy atom. The molecule has 1 N–H and O–H groups in total. The predicted octanol–water partition coefficient (Wildman–Crippen LogP) is 4.36. The summed E-state index contributed by atoms with van der Waals surface area (Å²) in [5, 5.41) is 10.7. The molecule has 2 atom stereocenters. The summed E-state index contributed by atoms with van der Waals surface area (Å²) < 4.78 is 11.0. The van der Waals surface area contributed by atoms with Crippen molar-refractivity contribution in [1.29, 1.82) is 0 Å². The van der Waals surface area contributed by atoms with E-state index in [0.717, 1.165) is 11.3 Å². The average Bonchev–Trinajstić information content (AvgIpc) is 3.07. The number of allylic oxidation sites excluding steroid dienone is 1. The van der Waals surface area contributed by atoms with Gasteiger partial charge in [-0.1, -0.05) is 30.3 Å². The van der Waals surface area contributed by atoms with Crippen LogP contribution >= 0.6 is 0 Å². The third-order valence-corrected chi connectivity index (χ3v) is 3.95. The molecule has 5 heteroatoms. The second kappa shape index (κ2) is 6.76. The van der Waals surface area contributed by atoms with Crippen molar-refractivity contribution in [2.75, 3.05) is 0 Å². The maximum Gasteiger partial charge on any atom is 0.416 e. The van der Waals surface area contributed by atoms with Gasteiger partial charge < -0.3 is 14.3 Å². The van der Waals surface area contributed by atoms with Crippen LogP contribution in [0.1, 0.15) is 44.4 Å². The standard InChI is InChI=1S/C20H23NO4/c1-20(2,3)25-19(23)21-16(14-8-5-4-6-9-14)12-15(13-18(21)22)17-10-7-11-24-17/h4-12,15,18,22H,13H2,1-3H3/t15-,18-/m0/s1. The van der Waals surface area contributed by atoms with Gasteiger partial charge in [0.1, 0.15) is 17.6 Å². The first-order chi connectivity index (χ1) is 11.8. The number of carbonyl (C=O) groups is 1. The second-order valence-electron chi connectivity index (χ2n) is 7.11. The van der Waals surface area contributed by atoms with E-state index in [2.05, 4.69) is 0 Å². The Kier molecular flexibility index (Phi) is 4.68. The first-order valence-electron chi connectivity index (χ1n) is 8.36. The van der Waals surface area contributed by atoms with Crippen LogP contribution in [0.15, 0.2) is 59.2 Å². The first-order valence-corrected chi connectivity index (χ1v) is 8.36. The van der Waals surface area contributed by atoms with E-state index in [0.29, 0.717) is 12.1 Å². The molecule has 132 valence electrons. The smallest absolute Gasteiger partial charge is 0.416 e. The third kappa shape index (κ3) is 3.94. The van der Waals surface area contributed by atoms with Crippen molar-refractivity contribution < 1.29 is 19.1 Å². The Labute approximate surface area is 147 Å². The molecule has 1 aliphatic heterocycles. The van der Waals surface area contributed by atoms with E-state index in [1.807, 2.05) is 48.5 Å². The highest BCUT2D eigenvalue weighted by Gasteiger charge is 2.36. The van der Waals surface area contributed by atoms with Gasteiger partial charge in [-0.25, -0.2) is 4.79 Å². The van der Waals surface area contributed by atoms with Gasteiger partial charge in [0.15, 0.2) is 0 Å². The third-order valence-electron chi connectivity index (χ3n) is 3.95. The number of nitrogens with zero attached hydrogens (tertiary/aromatic N) is 1. The van der Waals surface area contributed by atoms with E-state index in [-0.39, 0.29) is 5.92 Å². The average molecular weight is 341 g/mol. The van der Waals surface area contributed by atoms with E-state index in [1.54, 1.807) is 27.0 Å². The largest absolute Gasteiger partial charge is 0.469 e. The molecule has 0 spiro atoms. The summed E-state index contributed by atoms with van der Waals surface area (Å²) in [7, 11) is 0. The summed E-state index contributed by atoms with van der Waals surface area (Å²) in [6.07, 6.45) is 2.35. The summed E-state index contributed by atoms with van der Waals surface area (Å²) in [6.45, 7) is 5.41. The highest BCUT2D eigenvalue weighted by molar-refractivity contribution is 5.83. The molecule has 1 aromatic heterocycles. The first kappa shape index (κ1) is 17.3. The molecule has 1 amide bonds. The number of aliphatic hydroxyl groups excluding tert-OH is 1. The van der Waals surface area contributed by atoms with Crippen molar-refractivity contribution in [2.45, 2.75) is 44.9 Å². The fourth-order valence-electron chi connectivity index (χ4n) is 2.91. The zero-order valence-corrected chi connectivity index (χ0v) is 14.7. The van der Waals surface area contributed by atoms with Crippen LogP contribution in [0.25, 0.3) is 5.70 Å². The van der Waals surface area contributed by atoms with Crippen molar-refractivity contribution in [2.24, 2.45) is 0 Å². The lowest BCUT2D eigenvalue weighted by atomic mass is 9.93. The summed E-state index contributed by atoms with van der Waals surface area (Å²) in [5.74, 6) is 0.648. The molecule has 0 saturated heterocycles. The minimum atomic E-state index is -0.995. The molecule has 2 heterocycles. The number of furan rings is 1. The molecule has 0 saturated carbocycles. The molecule has 0 unspecified atom stereocenters. The minimum absolute atomic E-state index is 0.112. The lowest BCUT2D eigenvalue weighted by Gasteiger charge is -2.37. The maximum absolute atomic E-state index is 12.7. The molecular formula is C20H23NO4. The Morgan fingerprint density at radius 3 is 2.52 bits per heavy atom. The fraction of sp³-hybridized carbons (Fsp3) is 0.350. The van der Waals surface area contributed by atoms with Gasteiger partial charge in [-0.3, -0.25) is 4.90 Å². The zero-order chi connectivity index (χ0) is 18.0. The van der Waals surface area contributed by atoms with Crippen LogP contribution in [0.2, 0.25) is 0 Å². The molecule has 2 aromatic rings. The lowest BCUT2D eigenvalue weighted by Crippen LogP contribution is -2.44. The van der Waals surface area contributed by atoms with Gasteiger partial charge in [0, 0.05) is 12.3 Å². The number of ether oxygens (including phenoxy) is 1. The second-order valence-corrected chi connectivity index (χ2v) is 7.11. The number of carbonyl (C=O) groups excluding carboxylic acids is 1. The van der Waals surface area contributed by atoms with Crippen LogP contribution in [-0.4, -0.2) is 27.9 Å². The van der Waals surface area contributed by atoms with Crippen LogP contribution in [0.5, 0.6) is 0 Å². The number of hydrogen-bond donors (Lipinski definition) is 1. The molecular weight excluding hydrogens is 318 g/mol. The number of rotatable bonds is 2. The molecule has 1 aliphatic rings. The van der Waals surface area contributed by atoms with Crippen molar-refractivity contribution in [3.8, 4) is 0 Å². The predicted molar refractivity (Wildman–Crippen MR) is 94.6 cm³/mol. The maximum atomic E-state index is 12.7. The molecule has 0 fully saturated rings. The zero-order valence-electron chi connectivity index (χ0n) is 14.7. The summed E-state index contributed by atoms with van der Waals surface area (Å²) >= 11 is 0. The summed E-state index contributed by atoms with van der Waals surface area (Å²) in [6, 6.07) is 13.2. The van der Waals surface area contributed by atoms with Crippen LogP contribution in [0.3, 0.4) is 0 Å². The van der Waals surface area contributed by atoms with Crippen molar-refractivity contribution in [3.63, 3.8) is 0 Å². The highest BCUT2D eigenvalue weighted by atomic mass is 16.6. The fourth-order valence-corrected chi connectivity index (χ4v) is 2.91. The molecule has 5 nitrogen and oxygen atoms in total. The Morgan fingerprint density at radius 2 is 1.92 bits per heavy atom. The van der Waals surface area contributed by atoms with E-state index < -0.39 is 17.9 Å². The van der Waals surface area contributed by atoms with E-state index in [9.17, 15) is 9.90 Å². The van der Waals surface area contributed by atoms with Gasteiger partial charge in [-0.15, -0.1) is 0 Å². The Bertz CT molecular complexity index is 744. The summed E-state index contributed by atoms with van der Waals surface area (Å²) in [4.78, 5) is 14.0. The van der Waals surface area contributed by atoms with Gasteiger partial charge in [-0.05, 0) is 44.5 Å². The molecule has 25 heavy (non-hydrogen) atoms. The Hall–Kier alpha value is -2.53. The normalized spacial score (nSPS) is 21.0. The van der Waals surface area contributed by atoms with E-state index in [1.165, 1.54) is 4.90 Å². The van der Waals surface area contributed by atoms with Gasteiger partial charge in [0.25, 0.3) is 0 Å². The van der Waals surface area contributed by atoms with Crippen molar-refractivity contribution in [3.05, 3.63) is 66.1 Å². The summed E-state index contributed by atoms with van der Waals surface area (Å²) in [5.41, 5.74) is 0.815. The van der Waals surface area contributed by atoms with Crippen LogP contribution in [-0.2, 0) is 4.74 Å². The minimum Gasteiger partial charge on any atom is -0.469 e. The van der Waals surface area contributed by atoms with Gasteiger partial charge >= 0.3 is 6.09 Å². The topological polar surface area (TPSA) is 62.9 Å². The lowest BCUT2D eigenvalue weighted by molar-refractivity contribution is -0.0141. The highest BCUT2D eigenvalue weighted by Crippen LogP contribution is 2.37. The monoisotopic (exact) mass is 341 g/mol. The number of aliphatic hydroxyl groups is 1. The molecule has 0 aliphatic carbocycles. The number of benzene rings is 1. The Balaban J connectivity index is 2.01. The molecule has 0 radical (unpaired) electrons. The number of amides is 1. The van der Waals surface area contributed by atoms with Gasteiger partial charge in [-0.2, -0.15) is 0 Å². The quantitative estimate of drug-likeness (QED) is 0.881. The number of hydrogen-bond acceptors (Lipinski definition) is 4. The van der Waals surface area contributed by atoms with E-state index in [4.69, 9.17) is 9.15 Å². The van der Waals surface area contributed by atoms with Crippen molar-refractivity contribution >= 4 is 11.8 Å². The van der Waals surface area contributed by atoms with Gasteiger partial charge in [0.05, 0.1) is 12.0 Å². The van der Waals surface area contributed by atoms with Crippen LogP contribution in [0.4, 0.5) is 4.79 Å². The van der Waals surface area contributed by atoms with Crippen LogP contribution < -0.4 is 0 Å². The molecule has 3 rings (SSSR count). The van der Waals surface area contributed by atoms with E-state index >= 15 is 0 Å². The SMILES string of the molecule is CC(C)(C)OC(=O)N1C(c2ccccc2)=C[C@H](c2ccco2)C[C@@H]1O. The molecule has 0 bridgehead atoms.